The summed E-state index contributed by atoms with van der Waals surface area (Å²) in [7, 11) is -1.52. The largest absolute Gasteiger partial charge is 0.381 e. The van der Waals surface area contributed by atoms with Crippen LogP contribution in [0.5, 0.6) is 0 Å². The summed E-state index contributed by atoms with van der Waals surface area (Å²) < 4.78 is 25.8. The molecule has 0 bridgehead atoms. The van der Waals surface area contributed by atoms with Crippen LogP contribution < -0.4 is 5.32 Å². The minimum atomic E-state index is -3.21. The molecule has 0 spiro atoms. The van der Waals surface area contributed by atoms with Crippen LogP contribution in [-0.4, -0.2) is 30.5 Å². The van der Waals surface area contributed by atoms with Gasteiger partial charge in [-0.25, -0.2) is 8.42 Å². The van der Waals surface area contributed by atoms with E-state index in [-0.39, 0.29) is 11.7 Å². The monoisotopic (exact) mass is 243 g/mol. The van der Waals surface area contributed by atoms with Gasteiger partial charge >= 0.3 is 0 Å². The molecule has 0 aromatic carbocycles. The van der Waals surface area contributed by atoms with E-state index in [1.54, 1.807) is 7.05 Å². The Bertz CT molecular complexity index is 504. The molecule has 1 aliphatic rings. The number of nitrogens with zero attached hydrogens (tertiary/aromatic N) is 2. The minimum Gasteiger partial charge on any atom is -0.381 e. The van der Waals surface area contributed by atoms with Crippen molar-refractivity contribution in [3.63, 3.8) is 0 Å². The predicted octanol–water partition coefficient (Wildman–Crippen LogP) is 0.818. The Morgan fingerprint density at radius 2 is 2.25 bits per heavy atom. The van der Waals surface area contributed by atoms with Crippen molar-refractivity contribution in [2.45, 2.75) is 25.3 Å². The fourth-order valence-electron chi connectivity index (χ4n) is 2.13. The SMILES string of the molecule is CCc1nn(C)c2c1NCC(C)CS2(=O)=O. The molecule has 0 saturated heterocycles. The van der Waals surface area contributed by atoms with Crippen LogP contribution in [0.1, 0.15) is 19.5 Å². The van der Waals surface area contributed by atoms with Gasteiger partial charge in [0.15, 0.2) is 14.9 Å². The maximum atomic E-state index is 12.2. The van der Waals surface area contributed by atoms with E-state index in [9.17, 15) is 8.42 Å². The van der Waals surface area contributed by atoms with E-state index >= 15 is 0 Å². The van der Waals surface area contributed by atoms with Gasteiger partial charge in [0.1, 0.15) is 0 Å². The average molecular weight is 243 g/mol. The molecular weight excluding hydrogens is 226 g/mol. The molecule has 1 aromatic rings. The highest BCUT2D eigenvalue weighted by atomic mass is 32.2. The highest BCUT2D eigenvalue weighted by Crippen LogP contribution is 2.30. The van der Waals surface area contributed by atoms with Gasteiger partial charge in [0, 0.05) is 13.6 Å². The Labute approximate surface area is 95.8 Å². The molecule has 0 amide bonds. The molecule has 16 heavy (non-hydrogen) atoms. The molecular formula is C10H17N3O2S. The lowest BCUT2D eigenvalue weighted by molar-refractivity contribution is 0.566. The second kappa shape index (κ2) is 3.76. The van der Waals surface area contributed by atoms with Crippen molar-refractivity contribution in [3.05, 3.63) is 5.69 Å². The smallest absolute Gasteiger partial charge is 0.197 e. The first-order valence-corrected chi connectivity index (χ1v) is 7.13. The van der Waals surface area contributed by atoms with Crippen molar-refractivity contribution < 1.29 is 8.42 Å². The van der Waals surface area contributed by atoms with Crippen LogP contribution >= 0.6 is 0 Å². The molecule has 2 rings (SSSR count). The maximum Gasteiger partial charge on any atom is 0.197 e. The van der Waals surface area contributed by atoms with Crippen LogP contribution in [0.4, 0.5) is 5.69 Å². The van der Waals surface area contributed by atoms with E-state index in [1.807, 2.05) is 13.8 Å². The van der Waals surface area contributed by atoms with E-state index in [2.05, 4.69) is 10.4 Å². The quantitative estimate of drug-likeness (QED) is 0.793. The van der Waals surface area contributed by atoms with E-state index in [4.69, 9.17) is 0 Å². The van der Waals surface area contributed by atoms with E-state index in [0.29, 0.717) is 17.3 Å². The third-order valence-electron chi connectivity index (χ3n) is 2.83. The highest BCUT2D eigenvalue weighted by molar-refractivity contribution is 7.91. The summed E-state index contributed by atoms with van der Waals surface area (Å²) in [5, 5.41) is 7.80. The number of hydrogen-bond donors (Lipinski definition) is 1. The fraction of sp³-hybridized carbons (Fsp3) is 0.700. The molecule has 1 aromatic heterocycles. The van der Waals surface area contributed by atoms with Crippen molar-refractivity contribution in [2.75, 3.05) is 17.6 Å². The first-order valence-electron chi connectivity index (χ1n) is 5.48. The van der Waals surface area contributed by atoms with E-state index < -0.39 is 9.84 Å². The molecule has 90 valence electrons. The fourth-order valence-corrected chi connectivity index (χ4v) is 4.10. The zero-order valence-electron chi connectivity index (χ0n) is 9.82. The van der Waals surface area contributed by atoms with Crippen molar-refractivity contribution in [1.29, 1.82) is 0 Å². The lowest BCUT2D eigenvalue weighted by Crippen LogP contribution is -2.18. The van der Waals surface area contributed by atoms with Gasteiger partial charge in [-0.3, -0.25) is 4.68 Å². The number of hydrogen-bond acceptors (Lipinski definition) is 4. The lowest BCUT2D eigenvalue weighted by atomic mass is 10.2. The minimum absolute atomic E-state index is 0.127. The molecule has 0 fully saturated rings. The zero-order chi connectivity index (χ0) is 11.9. The van der Waals surface area contributed by atoms with Gasteiger partial charge in [0.2, 0.25) is 0 Å². The summed E-state index contributed by atoms with van der Waals surface area (Å²) >= 11 is 0. The van der Waals surface area contributed by atoms with Crippen LogP contribution in [0.2, 0.25) is 0 Å². The van der Waals surface area contributed by atoms with Gasteiger partial charge in [0.05, 0.1) is 17.1 Å². The number of anilines is 1. The first-order chi connectivity index (χ1) is 7.45. The normalized spacial score (nSPS) is 23.3. The molecule has 6 heteroatoms. The second-order valence-electron chi connectivity index (χ2n) is 4.37. The van der Waals surface area contributed by atoms with Crippen molar-refractivity contribution in [1.82, 2.24) is 9.78 Å². The predicted molar refractivity (Wildman–Crippen MR) is 62.3 cm³/mol. The number of aromatic nitrogens is 2. The summed E-state index contributed by atoms with van der Waals surface area (Å²) in [6.45, 7) is 4.60. The van der Waals surface area contributed by atoms with Crippen LogP contribution in [0.25, 0.3) is 0 Å². The van der Waals surface area contributed by atoms with E-state index in [0.717, 1.165) is 12.1 Å². The Balaban J connectivity index is 2.64. The van der Waals surface area contributed by atoms with Gasteiger partial charge in [-0.05, 0) is 12.3 Å². The Kier molecular flexibility index (Phi) is 2.69. The number of nitrogens with one attached hydrogen (secondary N) is 1. The Morgan fingerprint density at radius 3 is 2.88 bits per heavy atom. The van der Waals surface area contributed by atoms with Gasteiger partial charge in [0.25, 0.3) is 0 Å². The zero-order valence-corrected chi connectivity index (χ0v) is 10.6. The lowest BCUT2D eigenvalue weighted by Gasteiger charge is -2.07. The highest BCUT2D eigenvalue weighted by Gasteiger charge is 2.31. The number of sulfone groups is 1. The molecule has 0 radical (unpaired) electrons. The van der Waals surface area contributed by atoms with Gasteiger partial charge < -0.3 is 5.32 Å². The number of fused-ring (bicyclic) bond motifs is 1. The van der Waals surface area contributed by atoms with Crippen molar-refractivity contribution in [2.24, 2.45) is 13.0 Å². The Morgan fingerprint density at radius 1 is 1.56 bits per heavy atom. The Hall–Kier alpha value is -1.04. The third-order valence-corrected chi connectivity index (χ3v) is 4.89. The summed E-state index contributed by atoms with van der Waals surface area (Å²) in [4.78, 5) is 0. The standard InChI is InChI=1S/C10H17N3O2S/c1-4-8-9-10(13(3)12-8)16(14,15)6-7(2)5-11-9/h7,11H,4-6H2,1-3H3. The molecule has 1 aliphatic heterocycles. The molecule has 0 aliphatic carbocycles. The summed E-state index contributed by atoms with van der Waals surface area (Å²) in [6.07, 6.45) is 0.736. The van der Waals surface area contributed by atoms with Gasteiger partial charge in [-0.15, -0.1) is 0 Å². The molecule has 1 N–H and O–H groups in total. The van der Waals surface area contributed by atoms with Crippen LogP contribution in [0.3, 0.4) is 0 Å². The molecule has 1 atom stereocenters. The summed E-state index contributed by atoms with van der Waals surface area (Å²) in [5.41, 5.74) is 1.53. The summed E-state index contributed by atoms with van der Waals surface area (Å²) in [6, 6.07) is 0. The first kappa shape index (κ1) is 11.4. The third kappa shape index (κ3) is 1.71. The molecule has 1 unspecified atom stereocenters. The molecule has 0 saturated carbocycles. The van der Waals surface area contributed by atoms with Crippen molar-refractivity contribution in [3.8, 4) is 0 Å². The van der Waals surface area contributed by atoms with Crippen LogP contribution in [0.15, 0.2) is 5.03 Å². The topological polar surface area (TPSA) is 64.0 Å². The molecule has 2 heterocycles. The molecule has 5 nitrogen and oxygen atoms in total. The number of rotatable bonds is 1. The average Bonchev–Trinajstić information content (AvgIpc) is 2.44. The van der Waals surface area contributed by atoms with Crippen LogP contribution in [-0.2, 0) is 23.3 Å². The van der Waals surface area contributed by atoms with Gasteiger partial charge in [-0.2, -0.15) is 5.10 Å². The van der Waals surface area contributed by atoms with E-state index in [1.165, 1.54) is 4.68 Å². The van der Waals surface area contributed by atoms with Crippen LogP contribution in [0, 0.1) is 5.92 Å². The van der Waals surface area contributed by atoms with Crippen molar-refractivity contribution >= 4 is 15.5 Å². The summed E-state index contributed by atoms with van der Waals surface area (Å²) in [5.74, 6) is 0.317. The van der Waals surface area contributed by atoms with Gasteiger partial charge in [-0.1, -0.05) is 13.8 Å². The second-order valence-corrected chi connectivity index (χ2v) is 6.32. The number of aryl methyl sites for hydroxylation is 2. The maximum absolute atomic E-state index is 12.2.